The zero-order valence-corrected chi connectivity index (χ0v) is 16.8. The molecule has 3 heterocycles. The minimum absolute atomic E-state index is 0.0594. The zero-order chi connectivity index (χ0) is 20.7. The van der Waals surface area contributed by atoms with Crippen LogP contribution in [-0.4, -0.2) is 50.5 Å². The van der Waals surface area contributed by atoms with E-state index in [2.05, 4.69) is 20.9 Å². The summed E-state index contributed by atoms with van der Waals surface area (Å²) in [7, 11) is 0. The fraction of sp³-hybridized carbons (Fsp3) is 0.364. The van der Waals surface area contributed by atoms with E-state index in [-0.39, 0.29) is 17.9 Å². The van der Waals surface area contributed by atoms with Crippen LogP contribution in [0.2, 0.25) is 0 Å². The van der Waals surface area contributed by atoms with Crippen molar-refractivity contribution in [3.8, 4) is 0 Å². The number of nitrogens with zero attached hydrogens (tertiary/aromatic N) is 4. The van der Waals surface area contributed by atoms with E-state index in [9.17, 15) is 9.59 Å². The first-order valence-corrected chi connectivity index (χ1v) is 10.3. The molecule has 3 aromatic rings. The van der Waals surface area contributed by atoms with Crippen LogP contribution >= 0.6 is 0 Å². The molecule has 0 bridgehead atoms. The van der Waals surface area contributed by atoms with Crippen molar-refractivity contribution in [3.63, 3.8) is 0 Å². The second kappa shape index (κ2) is 7.12. The van der Waals surface area contributed by atoms with Gasteiger partial charge in [-0.2, -0.15) is 0 Å². The van der Waals surface area contributed by atoms with E-state index < -0.39 is 5.66 Å². The molecule has 2 aromatic carbocycles. The number of carbonyl (C=O) groups excluding carboxylic acids is 2. The summed E-state index contributed by atoms with van der Waals surface area (Å²) in [6.45, 7) is 3.18. The van der Waals surface area contributed by atoms with E-state index in [1.807, 2.05) is 65.0 Å². The molecule has 1 atom stereocenters. The molecule has 8 nitrogen and oxygen atoms in total. The van der Waals surface area contributed by atoms with Gasteiger partial charge in [0.2, 0.25) is 5.91 Å². The van der Waals surface area contributed by atoms with Gasteiger partial charge in [-0.3, -0.25) is 9.59 Å². The minimum atomic E-state index is -0.490. The maximum atomic E-state index is 12.9. The van der Waals surface area contributed by atoms with Crippen molar-refractivity contribution in [3.05, 3.63) is 54.1 Å². The van der Waals surface area contributed by atoms with E-state index in [1.54, 1.807) is 0 Å². The molecule has 2 amide bonds. The van der Waals surface area contributed by atoms with E-state index in [1.165, 1.54) is 0 Å². The number of likely N-dealkylation sites (tertiary alicyclic amines) is 1. The van der Waals surface area contributed by atoms with Crippen LogP contribution < -0.4 is 10.6 Å². The van der Waals surface area contributed by atoms with Crippen molar-refractivity contribution < 1.29 is 9.59 Å². The highest BCUT2D eigenvalue weighted by molar-refractivity contribution is 6.02. The van der Waals surface area contributed by atoms with Crippen LogP contribution in [0.15, 0.2) is 48.5 Å². The van der Waals surface area contributed by atoms with Crippen LogP contribution in [0.3, 0.4) is 0 Å². The fourth-order valence-electron chi connectivity index (χ4n) is 4.43. The van der Waals surface area contributed by atoms with Crippen LogP contribution in [0.1, 0.15) is 42.6 Å². The van der Waals surface area contributed by atoms with Gasteiger partial charge in [-0.15, -0.1) is 5.10 Å². The maximum absolute atomic E-state index is 12.9. The fourth-order valence-corrected chi connectivity index (χ4v) is 4.43. The molecule has 2 N–H and O–H groups in total. The molecule has 30 heavy (non-hydrogen) atoms. The Hall–Kier alpha value is -3.42. The number of rotatable bonds is 3. The molecule has 1 aromatic heterocycles. The summed E-state index contributed by atoms with van der Waals surface area (Å²) in [5.41, 5.74) is 2.79. The number of nitrogens with one attached hydrogen (secondary N) is 2. The molecule has 8 heteroatoms. The number of hydrogen-bond acceptors (Lipinski definition) is 5. The average Bonchev–Trinajstić information content (AvgIpc) is 3.18. The van der Waals surface area contributed by atoms with Gasteiger partial charge in [-0.25, -0.2) is 4.68 Å². The van der Waals surface area contributed by atoms with Crippen LogP contribution in [-0.2, 0) is 4.79 Å². The molecule has 1 spiro atoms. The summed E-state index contributed by atoms with van der Waals surface area (Å²) >= 11 is 0. The lowest BCUT2D eigenvalue weighted by Crippen LogP contribution is -2.62. The number of para-hydroxylation sites is 2. The van der Waals surface area contributed by atoms with Crippen LogP contribution in [0.25, 0.3) is 11.0 Å². The number of carbonyl (C=O) groups is 2. The van der Waals surface area contributed by atoms with E-state index in [4.69, 9.17) is 0 Å². The van der Waals surface area contributed by atoms with Gasteiger partial charge in [0.05, 0.1) is 17.1 Å². The number of benzene rings is 2. The number of hydrogen-bond donors (Lipinski definition) is 2. The van der Waals surface area contributed by atoms with Crippen molar-refractivity contribution in [2.24, 2.45) is 0 Å². The molecule has 154 valence electrons. The average molecular weight is 404 g/mol. The standard InChI is InChI=1S/C22H24N6O2/c1-15(28-19-9-5-4-8-18(19)25-26-28)14-20(29)27-12-10-22(11-13-27)23-17-7-3-2-6-16(17)21(30)24-22/h2-9,15,23H,10-14H2,1H3,(H,24,30)/t15-/m0/s1. The van der Waals surface area contributed by atoms with Gasteiger partial charge in [0.1, 0.15) is 11.2 Å². The van der Waals surface area contributed by atoms with Crippen molar-refractivity contribution in [2.45, 2.75) is 37.9 Å². The van der Waals surface area contributed by atoms with Crippen molar-refractivity contribution in [1.82, 2.24) is 25.2 Å². The molecule has 0 aliphatic carbocycles. The molecule has 0 saturated carbocycles. The molecule has 0 unspecified atom stereocenters. The first-order chi connectivity index (χ1) is 14.5. The number of fused-ring (bicyclic) bond motifs is 2. The molecular formula is C22H24N6O2. The molecule has 1 fully saturated rings. The Labute approximate surface area is 174 Å². The third kappa shape index (κ3) is 3.18. The maximum Gasteiger partial charge on any atom is 0.255 e. The normalized spacial score (nSPS) is 18.6. The van der Waals surface area contributed by atoms with Crippen molar-refractivity contribution >= 4 is 28.5 Å². The smallest absolute Gasteiger partial charge is 0.255 e. The Morgan fingerprint density at radius 1 is 1.10 bits per heavy atom. The lowest BCUT2D eigenvalue weighted by atomic mass is 9.92. The van der Waals surface area contributed by atoms with Gasteiger partial charge in [0.15, 0.2) is 0 Å². The zero-order valence-electron chi connectivity index (χ0n) is 16.8. The lowest BCUT2D eigenvalue weighted by molar-refractivity contribution is -0.133. The van der Waals surface area contributed by atoms with Crippen LogP contribution in [0.5, 0.6) is 0 Å². The SMILES string of the molecule is C[C@@H](CC(=O)N1CCC2(CC1)NC(=O)c1ccccc1N2)n1nnc2ccccc21. The topological polar surface area (TPSA) is 92.2 Å². The predicted octanol–water partition coefficient (Wildman–Crippen LogP) is 2.56. The molecule has 2 aliphatic rings. The van der Waals surface area contributed by atoms with E-state index in [0.29, 0.717) is 37.9 Å². The highest BCUT2D eigenvalue weighted by Gasteiger charge is 2.41. The molecule has 2 aliphatic heterocycles. The van der Waals surface area contributed by atoms with Gasteiger partial charge in [-0.1, -0.05) is 29.5 Å². The highest BCUT2D eigenvalue weighted by atomic mass is 16.2. The van der Waals surface area contributed by atoms with Gasteiger partial charge in [0.25, 0.3) is 5.91 Å². The highest BCUT2D eigenvalue weighted by Crippen LogP contribution is 2.31. The van der Waals surface area contributed by atoms with Crippen molar-refractivity contribution in [2.75, 3.05) is 18.4 Å². The Morgan fingerprint density at radius 2 is 1.83 bits per heavy atom. The van der Waals surface area contributed by atoms with Gasteiger partial charge in [0, 0.05) is 38.0 Å². The summed E-state index contributed by atoms with van der Waals surface area (Å²) in [5.74, 6) is 0.0373. The molecule has 5 rings (SSSR count). The van der Waals surface area contributed by atoms with Gasteiger partial charge < -0.3 is 15.5 Å². The van der Waals surface area contributed by atoms with Gasteiger partial charge >= 0.3 is 0 Å². The molecule has 1 saturated heterocycles. The molecular weight excluding hydrogens is 380 g/mol. The minimum Gasteiger partial charge on any atom is -0.362 e. The summed E-state index contributed by atoms with van der Waals surface area (Å²) in [6.07, 6.45) is 1.70. The summed E-state index contributed by atoms with van der Waals surface area (Å²) < 4.78 is 1.82. The first-order valence-electron chi connectivity index (χ1n) is 10.3. The Bertz CT molecular complexity index is 1120. The van der Waals surface area contributed by atoms with E-state index in [0.717, 1.165) is 16.7 Å². The number of aromatic nitrogens is 3. The lowest BCUT2D eigenvalue weighted by Gasteiger charge is -2.46. The molecule has 0 radical (unpaired) electrons. The largest absolute Gasteiger partial charge is 0.362 e. The van der Waals surface area contributed by atoms with Crippen molar-refractivity contribution in [1.29, 1.82) is 0 Å². The van der Waals surface area contributed by atoms with Crippen LogP contribution in [0, 0.1) is 0 Å². The third-order valence-electron chi connectivity index (χ3n) is 6.13. The first kappa shape index (κ1) is 18.6. The Balaban J connectivity index is 1.24. The number of anilines is 1. The summed E-state index contributed by atoms with van der Waals surface area (Å²) in [5, 5.41) is 15.0. The van der Waals surface area contributed by atoms with Crippen LogP contribution in [0.4, 0.5) is 5.69 Å². The number of piperidine rings is 1. The van der Waals surface area contributed by atoms with Gasteiger partial charge in [-0.05, 0) is 31.2 Å². The second-order valence-electron chi connectivity index (χ2n) is 8.16. The number of amides is 2. The Morgan fingerprint density at radius 3 is 2.67 bits per heavy atom. The predicted molar refractivity (Wildman–Crippen MR) is 113 cm³/mol. The van der Waals surface area contributed by atoms with E-state index >= 15 is 0 Å². The second-order valence-corrected chi connectivity index (χ2v) is 8.16. The summed E-state index contributed by atoms with van der Waals surface area (Å²) in [4.78, 5) is 27.3. The third-order valence-corrected chi connectivity index (χ3v) is 6.13. The quantitative estimate of drug-likeness (QED) is 0.700. The summed E-state index contributed by atoms with van der Waals surface area (Å²) in [6, 6.07) is 15.2. The Kier molecular flexibility index (Phi) is 4.42. The monoisotopic (exact) mass is 404 g/mol.